The molecule has 2 aliphatic carbocycles. The first-order valence-corrected chi connectivity index (χ1v) is 11.0. The van der Waals surface area contributed by atoms with Gasteiger partial charge >= 0.3 is 0 Å². The minimum atomic E-state index is -0.315. The predicted molar refractivity (Wildman–Crippen MR) is 133 cm³/mol. The van der Waals surface area contributed by atoms with E-state index in [-0.39, 0.29) is 35.3 Å². The SMILES string of the molecule is CCNC(=NCc1ccccc1OC1CCC1)NCC1(C(=O)N(C)C)CCCC1.I. The van der Waals surface area contributed by atoms with E-state index in [1.54, 1.807) is 4.90 Å². The van der Waals surface area contributed by atoms with E-state index in [0.717, 1.165) is 62.3 Å². The number of guanidine groups is 1. The van der Waals surface area contributed by atoms with Gasteiger partial charge in [-0.25, -0.2) is 4.99 Å². The van der Waals surface area contributed by atoms with Gasteiger partial charge in [0.05, 0.1) is 18.1 Å². The maximum Gasteiger partial charge on any atom is 0.230 e. The largest absolute Gasteiger partial charge is 0.490 e. The number of para-hydroxylation sites is 1. The van der Waals surface area contributed by atoms with E-state index < -0.39 is 0 Å². The van der Waals surface area contributed by atoms with Crippen molar-refractivity contribution in [3.63, 3.8) is 0 Å². The molecule has 1 aromatic rings. The summed E-state index contributed by atoms with van der Waals surface area (Å²) in [7, 11) is 3.70. The van der Waals surface area contributed by atoms with Crippen LogP contribution in [0.25, 0.3) is 0 Å². The summed E-state index contributed by atoms with van der Waals surface area (Å²) in [5.74, 6) is 1.91. The summed E-state index contributed by atoms with van der Waals surface area (Å²) in [6.45, 7) is 4.00. The Labute approximate surface area is 198 Å². The highest BCUT2D eigenvalue weighted by Crippen LogP contribution is 2.39. The molecule has 1 amide bonds. The van der Waals surface area contributed by atoms with Crippen molar-refractivity contribution in [1.29, 1.82) is 0 Å². The van der Waals surface area contributed by atoms with E-state index in [0.29, 0.717) is 19.2 Å². The Morgan fingerprint density at radius 1 is 1.17 bits per heavy atom. The molecule has 0 aromatic heterocycles. The standard InChI is InChI=1S/C23H36N4O2.HI/c1-4-24-22(26-17-23(14-7-8-15-23)21(28)27(2)3)25-16-18-10-5-6-13-20(18)29-19-11-9-12-19;/h5-6,10,13,19H,4,7-9,11-12,14-17H2,1-3H3,(H2,24,25,26);1H. The number of rotatable bonds is 8. The first-order valence-electron chi connectivity index (χ1n) is 11.0. The molecule has 0 aliphatic heterocycles. The van der Waals surface area contributed by atoms with Gasteiger partial charge in [-0.1, -0.05) is 31.0 Å². The van der Waals surface area contributed by atoms with E-state index >= 15 is 0 Å². The molecule has 6 nitrogen and oxygen atoms in total. The van der Waals surface area contributed by atoms with Crippen LogP contribution in [0.1, 0.15) is 57.4 Å². The van der Waals surface area contributed by atoms with Gasteiger partial charge in [0.1, 0.15) is 5.75 Å². The summed E-state index contributed by atoms with van der Waals surface area (Å²) in [5, 5.41) is 6.76. The van der Waals surface area contributed by atoms with E-state index in [4.69, 9.17) is 9.73 Å². The second-order valence-corrected chi connectivity index (χ2v) is 8.51. The summed E-state index contributed by atoms with van der Waals surface area (Å²) in [6.07, 6.45) is 8.00. The monoisotopic (exact) mass is 528 g/mol. The van der Waals surface area contributed by atoms with Crippen molar-refractivity contribution >= 4 is 35.8 Å². The van der Waals surface area contributed by atoms with Crippen LogP contribution >= 0.6 is 24.0 Å². The van der Waals surface area contributed by atoms with E-state index in [2.05, 4.69) is 23.6 Å². The van der Waals surface area contributed by atoms with Gasteiger partial charge in [-0.3, -0.25) is 4.79 Å². The summed E-state index contributed by atoms with van der Waals surface area (Å²) >= 11 is 0. The number of hydrogen-bond acceptors (Lipinski definition) is 3. The van der Waals surface area contributed by atoms with Crippen LogP contribution < -0.4 is 15.4 Å². The van der Waals surface area contributed by atoms with Crippen molar-refractivity contribution in [3.05, 3.63) is 29.8 Å². The summed E-state index contributed by atoms with van der Waals surface area (Å²) in [6, 6.07) is 8.16. The second kappa shape index (κ2) is 11.8. The number of hydrogen-bond donors (Lipinski definition) is 2. The van der Waals surface area contributed by atoms with Crippen LogP contribution in [0.5, 0.6) is 5.75 Å². The molecule has 0 radical (unpaired) electrons. The third kappa shape index (κ3) is 6.25. The van der Waals surface area contributed by atoms with Gasteiger partial charge in [-0.15, -0.1) is 24.0 Å². The van der Waals surface area contributed by atoms with Gasteiger partial charge in [0.2, 0.25) is 5.91 Å². The van der Waals surface area contributed by atoms with Crippen molar-refractivity contribution in [2.45, 2.75) is 64.5 Å². The lowest BCUT2D eigenvalue weighted by Gasteiger charge is -2.31. The first-order chi connectivity index (χ1) is 14.0. The average Bonchev–Trinajstić information content (AvgIpc) is 3.17. The molecular formula is C23H37IN4O2. The molecular weight excluding hydrogens is 491 g/mol. The smallest absolute Gasteiger partial charge is 0.230 e. The van der Waals surface area contributed by atoms with Crippen molar-refractivity contribution in [2.24, 2.45) is 10.4 Å². The fraction of sp³-hybridized carbons (Fsp3) is 0.652. The highest BCUT2D eigenvalue weighted by molar-refractivity contribution is 14.0. The average molecular weight is 528 g/mol. The minimum absolute atomic E-state index is 0. The topological polar surface area (TPSA) is 66.0 Å². The molecule has 2 fully saturated rings. The Morgan fingerprint density at radius 3 is 2.47 bits per heavy atom. The van der Waals surface area contributed by atoms with Crippen molar-refractivity contribution in [1.82, 2.24) is 15.5 Å². The number of nitrogens with one attached hydrogen (secondary N) is 2. The molecule has 3 rings (SSSR count). The molecule has 0 spiro atoms. The molecule has 168 valence electrons. The fourth-order valence-electron chi connectivity index (χ4n) is 4.17. The predicted octanol–water partition coefficient (Wildman–Crippen LogP) is 3.94. The van der Waals surface area contributed by atoms with Gasteiger partial charge in [0, 0.05) is 32.7 Å². The maximum atomic E-state index is 12.8. The lowest BCUT2D eigenvalue weighted by atomic mass is 9.84. The van der Waals surface area contributed by atoms with Crippen LogP contribution in [-0.4, -0.2) is 50.1 Å². The van der Waals surface area contributed by atoms with Gasteiger partial charge in [0.15, 0.2) is 5.96 Å². The van der Waals surface area contributed by atoms with E-state index in [1.807, 2.05) is 32.3 Å². The molecule has 2 aliphatic rings. The van der Waals surface area contributed by atoms with Gasteiger partial charge in [0.25, 0.3) is 0 Å². The van der Waals surface area contributed by atoms with Gasteiger partial charge in [-0.05, 0) is 45.1 Å². The maximum absolute atomic E-state index is 12.8. The lowest BCUT2D eigenvalue weighted by molar-refractivity contribution is -0.138. The third-order valence-corrected chi connectivity index (χ3v) is 6.08. The molecule has 0 unspecified atom stereocenters. The van der Waals surface area contributed by atoms with Crippen LogP contribution in [-0.2, 0) is 11.3 Å². The highest BCUT2D eigenvalue weighted by Gasteiger charge is 2.42. The zero-order chi connectivity index (χ0) is 20.7. The number of amides is 1. The molecule has 0 bridgehead atoms. The molecule has 1 aromatic carbocycles. The number of aliphatic imine (C=N–C) groups is 1. The van der Waals surface area contributed by atoms with Crippen molar-refractivity contribution < 1.29 is 9.53 Å². The Balaban J connectivity index is 0.00000320. The minimum Gasteiger partial charge on any atom is -0.490 e. The van der Waals surface area contributed by atoms with Gasteiger partial charge < -0.3 is 20.3 Å². The number of halogens is 1. The summed E-state index contributed by atoms with van der Waals surface area (Å²) < 4.78 is 6.13. The summed E-state index contributed by atoms with van der Waals surface area (Å²) in [5.41, 5.74) is 0.779. The molecule has 0 heterocycles. The highest BCUT2D eigenvalue weighted by atomic mass is 127. The van der Waals surface area contributed by atoms with E-state index in [9.17, 15) is 4.79 Å². The Kier molecular flexibility index (Phi) is 9.71. The fourth-order valence-corrected chi connectivity index (χ4v) is 4.17. The Morgan fingerprint density at radius 2 is 1.87 bits per heavy atom. The number of nitrogens with zero attached hydrogens (tertiary/aromatic N) is 2. The number of carbonyl (C=O) groups is 1. The van der Waals surface area contributed by atoms with E-state index in [1.165, 1.54) is 6.42 Å². The number of carbonyl (C=O) groups excluding carboxylic acids is 1. The van der Waals surface area contributed by atoms with Crippen LogP contribution in [0.3, 0.4) is 0 Å². The molecule has 2 saturated carbocycles. The zero-order valence-corrected chi connectivity index (χ0v) is 20.9. The van der Waals surface area contributed by atoms with Crippen LogP contribution in [0.4, 0.5) is 0 Å². The number of benzene rings is 1. The number of ether oxygens (including phenoxy) is 1. The van der Waals surface area contributed by atoms with Crippen molar-refractivity contribution in [3.8, 4) is 5.75 Å². The normalized spacial score (nSPS) is 18.2. The quantitative estimate of drug-likeness (QED) is 0.305. The zero-order valence-electron chi connectivity index (χ0n) is 18.6. The molecule has 0 atom stereocenters. The van der Waals surface area contributed by atoms with Gasteiger partial charge in [-0.2, -0.15) is 0 Å². The molecule has 0 saturated heterocycles. The van der Waals surface area contributed by atoms with Crippen LogP contribution in [0, 0.1) is 5.41 Å². The van der Waals surface area contributed by atoms with Crippen molar-refractivity contribution in [2.75, 3.05) is 27.2 Å². The Hall–Kier alpha value is -1.51. The molecule has 30 heavy (non-hydrogen) atoms. The molecule has 7 heteroatoms. The third-order valence-electron chi connectivity index (χ3n) is 6.08. The summed E-state index contributed by atoms with van der Waals surface area (Å²) in [4.78, 5) is 19.3. The lowest BCUT2D eigenvalue weighted by Crippen LogP contribution is -2.49. The van der Waals surface area contributed by atoms with Crippen LogP contribution in [0.2, 0.25) is 0 Å². The Bertz CT molecular complexity index is 713. The molecule has 2 N–H and O–H groups in total. The van der Waals surface area contributed by atoms with Crippen LogP contribution in [0.15, 0.2) is 29.3 Å². The second-order valence-electron chi connectivity index (χ2n) is 8.51. The first kappa shape index (κ1) is 24.8.